The van der Waals surface area contributed by atoms with Gasteiger partial charge in [0.15, 0.2) is 0 Å². The molecule has 3 heteroatoms. The molecule has 1 N–H and O–H groups in total. The first-order valence-electron chi connectivity index (χ1n) is 7.70. The number of aliphatic hydroxyl groups is 1. The van der Waals surface area contributed by atoms with Crippen LogP contribution in [0, 0.1) is 29.6 Å². The average molecular weight is 286 g/mol. The fourth-order valence-corrected chi connectivity index (χ4v) is 3.77. The fraction of sp³-hybridized carbons (Fsp3) is 0.556. The summed E-state index contributed by atoms with van der Waals surface area (Å²) in [6.45, 7) is 0.629. The Kier molecular flexibility index (Phi) is 4.36. The molecule has 0 spiro atoms. The molecular weight excluding hydrogens is 264 g/mol. The van der Waals surface area contributed by atoms with Crippen molar-refractivity contribution in [3.8, 4) is 23.3 Å². The first-order valence-corrected chi connectivity index (χ1v) is 7.70. The number of aliphatic hydroxyl groups excluding tert-OH is 1. The number of rotatable bonds is 4. The van der Waals surface area contributed by atoms with Crippen molar-refractivity contribution in [3.63, 3.8) is 0 Å². The molecule has 3 unspecified atom stereocenters. The van der Waals surface area contributed by atoms with E-state index in [0.29, 0.717) is 5.92 Å². The molecule has 112 valence electrons. The predicted molar refractivity (Wildman–Crippen MR) is 81.4 cm³/mol. The van der Waals surface area contributed by atoms with Crippen LogP contribution in [0.5, 0.6) is 11.5 Å². The molecular formula is C18H22O3. The lowest BCUT2D eigenvalue weighted by Crippen LogP contribution is -2.18. The highest BCUT2D eigenvalue weighted by molar-refractivity contribution is 5.50. The van der Waals surface area contributed by atoms with Gasteiger partial charge >= 0.3 is 0 Å². The van der Waals surface area contributed by atoms with Gasteiger partial charge in [0.25, 0.3) is 0 Å². The number of fused-ring (bicyclic) bond motifs is 2. The first kappa shape index (κ1) is 14.3. The standard InChI is InChI=1S/C18H22O3/c1-20-17-6-7-18(15(11-17)3-2-8-19)21-12-16-10-13-4-5-14(16)9-13/h6-7,11,13-14,16,19H,4-5,8-10,12H2,1H3. The maximum absolute atomic E-state index is 8.87. The van der Waals surface area contributed by atoms with E-state index in [-0.39, 0.29) is 6.61 Å². The third-order valence-corrected chi connectivity index (χ3v) is 4.83. The van der Waals surface area contributed by atoms with Gasteiger partial charge in [0.1, 0.15) is 18.1 Å². The smallest absolute Gasteiger partial charge is 0.135 e. The third kappa shape index (κ3) is 3.16. The minimum absolute atomic E-state index is 0.150. The molecule has 0 aliphatic heterocycles. The number of ether oxygens (including phenoxy) is 2. The van der Waals surface area contributed by atoms with Crippen LogP contribution in [0.25, 0.3) is 0 Å². The molecule has 2 bridgehead atoms. The van der Waals surface area contributed by atoms with Crippen molar-refractivity contribution in [3.05, 3.63) is 23.8 Å². The molecule has 2 aliphatic rings. The Morgan fingerprint density at radius 1 is 1.29 bits per heavy atom. The highest BCUT2D eigenvalue weighted by Gasteiger charge is 2.39. The molecule has 0 heterocycles. The van der Waals surface area contributed by atoms with Crippen molar-refractivity contribution >= 4 is 0 Å². The maximum Gasteiger partial charge on any atom is 0.135 e. The van der Waals surface area contributed by atoms with E-state index in [9.17, 15) is 0 Å². The Balaban J connectivity index is 1.69. The Morgan fingerprint density at radius 2 is 2.19 bits per heavy atom. The van der Waals surface area contributed by atoms with Crippen molar-refractivity contribution in [2.24, 2.45) is 17.8 Å². The van der Waals surface area contributed by atoms with Crippen LogP contribution in [0.4, 0.5) is 0 Å². The summed E-state index contributed by atoms with van der Waals surface area (Å²) < 4.78 is 11.3. The number of methoxy groups -OCH3 is 1. The molecule has 0 saturated heterocycles. The summed E-state index contributed by atoms with van der Waals surface area (Å²) in [6.07, 6.45) is 5.50. The number of hydrogen-bond acceptors (Lipinski definition) is 3. The average Bonchev–Trinajstić information content (AvgIpc) is 3.14. The normalized spacial score (nSPS) is 26.3. The lowest BCUT2D eigenvalue weighted by atomic mass is 9.89. The van der Waals surface area contributed by atoms with E-state index in [0.717, 1.165) is 35.5 Å². The van der Waals surface area contributed by atoms with Gasteiger partial charge in [-0.1, -0.05) is 18.3 Å². The van der Waals surface area contributed by atoms with Crippen molar-refractivity contribution in [2.75, 3.05) is 20.3 Å². The van der Waals surface area contributed by atoms with Crippen LogP contribution < -0.4 is 9.47 Å². The van der Waals surface area contributed by atoms with Crippen LogP contribution in [0.2, 0.25) is 0 Å². The van der Waals surface area contributed by atoms with Crippen LogP contribution in [-0.4, -0.2) is 25.4 Å². The summed E-state index contributed by atoms with van der Waals surface area (Å²) in [5.74, 6) is 9.67. The van der Waals surface area contributed by atoms with Crippen LogP contribution in [0.1, 0.15) is 31.2 Å². The van der Waals surface area contributed by atoms with Crippen molar-refractivity contribution in [1.82, 2.24) is 0 Å². The number of hydrogen-bond donors (Lipinski definition) is 1. The van der Waals surface area contributed by atoms with Crippen LogP contribution in [0.15, 0.2) is 18.2 Å². The van der Waals surface area contributed by atoms with E-state index < -0.39 is 0 Å². The van der Waals surface area contributed by atoms with Crippen molar-refractivity contribution in [1.29, 1.82) is 0 Å². The largest absolute Gasteiger partial charge is 0.497 e. The Bertz CT molecular complexity index is 555. The fourth-order valence-electron chi connectivity index (χ4n) is 3.77. The molecule has 2 aliphatic carbocycles. The lowest BCUT2D eigenvalue weighted by Gasteiger charge is -2.22. The van der Waals surface area contributed by atoms with E-state index >= 15 is 0 Å². The summed E-state index contributed by atoms with van der Waals surface area (Å²) in [7, 11) is 1.63. The molecule has 0 radical (unpaired) electrons. The molecule has 3 nitrogen and oxygen atoms in total. The second-order valence-corrected chi connectivity index (χ2v) is 6.07. The SMILES string of the molecule is COc1ccc(OCC2CC3CCC2C3)c(C#CCO)c1. The van der Waals surface area contributed by atoms with E-state index in [1.165, 1.54) is 25.7 Å². The van der Waals surface area contributed by atoms with Gasteiger partial charge in [0, 0.05) is 0 Å². The summed E-state index contributed by atoms with van der Waals surface area (Å²) >= 11 is 0. The van der Waals surface area contributed by atoms with Crippen molar-refractivity contribution in [2.45, 2.75) is 25.7 Å². The summed E-state index contributed by atoms with van der Waals surface area (Å²) in [6, 6.07) is 5.66. The quantitative estimate of drug-likeness (QED) is 0.865. The zero-order chi connectivity index (χ0) is 14.7. The summed E-state index contributed by atoms with van der Waals surface area (Å²) in [5, 5.41) is 8.87. The van der Waals surface area contributed by atoms with E-state index in [1.807, 2.05) is 18.2 Å². The maximum atomic E-state index is 8.87. The predicted octanol–water partition coefficient (Wildman–Crippen LogP) is 2.85. The molecule has 0 aromatic heterocycles. The monoisotopic (exact) mass is 286 g/mol. The van der Waals surface area contributed by atoms with E-state index in [1.54, 1.807) is 7.11 Å². The third-order valence-electron chi connectivity index (χ3n) is 4.83. The minimum atomic E-state index is -0.150. The van der Waals surface area contributed by atoms with Crippen molar-refractivity contribution < 1.29 is 14.6 Å². The highest BCUT2D eigenvalue weighted by Crippen LogP contribution is 2.48. The topological polar surface area (TPSA) is 38.7 Å². The Hall–Kier alpha value is -1.66. The second-order valence-electron chi connectivity index (χ2n) is 6.07. The van der Waals surface area contributed by atoms with Crippen LogP contribution in [0.3, 0.4) is 0 Å². The zero-order valence-corrected chi connectivity index (χ0v) is 12.5. The Morgan fingerprint density at radius 3 is 2.86 bits per heavy atom. The lowest BCUT2D eigenvalue weighted by molar-refractivity contribution is 0.195. The number of benzene rings is 1. The van der Waals surface area contributed by atoms with Gasteiger partial charge in [0.2, 0.25) is 0 Å². The van der Waals surface area contributed by atoms with Gasteiger partial charge in [-0.25, -0.2) is 0 Å². The Labute approximate surface area is 126 Å². The summed E-state index contributed by atoms with van der Waals surface area (Å²) in [4.78, 5) is 0. The first-order chi connectivity index (χ1) is 10.3. The molecule has 2 fully saturated rings. The van der Waals surface area contributed by atoms with Crippen LogP contribution in [-0.2, 0) is 0 Å². The van der Waals surface area contributed by atoms with E-state index in [4.69, 9.17) is 14.6 Å². The summed E-state index contributed by atoms with van der Waals surface area (Å²) in [5.41, 5.74) is 0.784. The molecule has 0 amide bonds. The molecule has 21 heavy (non-hydrogen) atoms. The molecule has 3 rings (SSSR count). The minimum Gasteiger partial charge on any atom is -0.497 e. The van der Waals surface area contributed by atoms with Gasteiger partial charge in [0.05, 0.1) is 19.3 Å². The van der Waals surface area contributed by atoms with Gasteiger partial charge < -0.3 is 14.6 Å². The van der Waals surface area contributed by atoms with E-state index in [2.05, 4.69) is 11.8 Å². The highest BCUT2D eigenvalue weighted by atomic mass is 16.5. The molecule has 1 aromatic rings. The molecule has 1 aromatic carbocycles. The van der Waals surface area contributed by atoms with Crippen LogP contribution >= 0.6 is 0 Å². The second kappa shape index (κ2) is 6.41. The zero-order valence-electron chi connectivity index (χ0n) is 12.5. The molecule has 3 atom stereocenters. The van der Waals surface area contributed by atoms with Gasteiger partial charge in [-0.3, -0.25) is 0 Å². The van der Waals surface area contributed by atoms with Gasteiger partial charge in [-0.2, -0.15) is 0 Å². The van der Waals surface area contributed by atoms with Gasteiger partial charge in [-0.05, 0) is 55.2 Å². The van der Waals surface area contributed by atoms with Gasteiger partial charge in [-0.15, -0.1) is 0 Å². The molecule has 2 saturated carbocycles.